The Morgan fingerprint density at radius 3 is 2.66 bits per heavy atom. The van der Waals surface area contributed by atoms with Gasteiger partial charge in [-0.25, -0.2) is 14.0 Å². The summed E-state index contributed by atoms with van der Waals surface area (Å²) in [6.45, 7) is 0.194. The fourth-order valence-corrected chi connectivity index (χ4v) is 3.89. The summed E-state index contributed by atoms with van der Waals surface area (Å²) in [6, 6.07) is 14.5. The minimum atomic E-state index is -0.355. The first kappa shape index (κ1) is 20.3. The smallest absolute Gasteiger partial charge is 0.353 e. The predicted molar refractivity (Wildman–Crippen MR) is 122 cm³/mol. The van der Waals surface area contributed by atoms with E-state index in [9.17, 15) is 4.79 Å². The maximum atomic E-state index is 13.2. The van der Waals surface area contributed by atoms with Gasteiger partial charge in [-0.05, 0) is 48.0 Å². The molecule has 10 heteroatoms. The van der Waals surface area contributed by atoms with Gasteiger partial charge >= 0.3 is 11.7 Å². The molecule has 0 amide bonds. The molecule has 0 spiro atoms. The third-order valence-electron chi connectivity index (χ3n) is 5.00. The first-order chi connectivity index (χ1) is 15.5. The van der Waals surface area contributed by atoms with E-state index >= 15 is 0 Å². The zero-order valence-electron chi connectivity index (χ0n) is 16.8. The largest absolute Gasteiger partial charge is 0.467 e. The molecule has 0 saturated heterocycles. The van der Waals surface area contributed by atoms with Crippen molar-refractivity contribution in [3.8, 4) is 17.4 Å². The highest BCUT2D eigenvalue weighted by Crippen LogP contribution is 2.23. The Bertz CT molecular complexity index is 1490. The average Bonchev–Trinajstić information content (AvgIpc) is 3.37. The summed E-state index contributed by atoms with van der Waals surface area (Å²) < 4.78 is 9.80. The van der Waals surface area contributed by atoms with Gasteiger partial charge in [0.15, 0.2) is 0 Å². The van der Waals surface area contributed by atoms with Crippen molar-refractivity contribution in [3.05, 3.63) is 93.2 Å². The molecular formula is C22H16Cl2N6O2. The summed E-state index contributed by atoms with van der Waals surface area (Å²) in [4.78, 5) is 17.3. The summed E-state index contributed by atoms with van der Waals surface area (Å²) in [5.41, 5.74) is 2.58. The Balaban J connectivity index is 1.55. The van der Waals surface area contributed by atoms with Crippen LogP contribution in [0.1, 0.15) is 5.56 Å². The predicted octanol–water partition coefficient (Wildman–Crippen LogP) is 4.13. The van der Waals surface area contributed by atoms with Crippen LogP contribution in [0.2, 0.25) is 10.0 Å². The van der Waals surface area contributed by atoms with Crippen molar-refractivity contribution in [3.63, 3.8) is 0 Å². The van der Waals surface area contributed by atoms with Crippen LogP contribution in [0.5, 0.6) is 6.01 Å². The second-order valence-electron chi connectivity index (χ2n) is 7.03. The number of ether oxygens (including phenoxy) is 1. The van der Waals surface area contributed by atoms with Gasteiger partial charge in [-0.2, -0.15) is 9.78 Å². The van der Waals surface area contributed by atoms with E-state index in [2.05, 4.69) is 15.2 Å². The molecule has 0 bridgehead atoms. The van der Waals surface area contributed by atoms with Crippen molar-refractivity contribution in [1.29, 1.82) is 0 Å². The van der Waals surface area contributed by atoms with E-state index in [4.69, 9.17) is 27.9 Å². The molecule has 160 valence electrons. The van der Waals surface area contributed by atoms with E-state index in [-0.39, 0.29) is 18.2 Å². The monoisotopic (exact) mass is 466 g/mol. The number of aromatic nitrogens is 6. The molecule has 0 atom stereocenters. The molecule has 0 radical (unpaired) electrons. The minimum Gasteiger partial charge on any atom is -0.467 e. The molecule has 0 N–H and O–H groups in total. The molecule has 8 nitrogen and oxygen atoms in total. The van der Waals surface area contributed by atoms with Gasteiger partial charge in [0.2, 0.25) is 0 Å². The maximum absolute atomic E-state index is 13.2. The van der Waals surface area contributed by atoms with E-state index in [1.165, 1.54) is 16.4 Å². The van der Waals surface area contributed by atoms with Crippen molar-refractivity contribution < 1.29 is 4.74 Å². The lowest BCUT2D eigenvalue weighted by molar-refractivity contribution is 0.357. The fraction of sp³-hybridized carbons (Fsp3) is 0.0909. The van der Waals surface area contributed by atoms with Crippen LogP contribution in [0.4, 0.5) is 0 Å². The topological polar surface area (TPSA) is 79.8 Å². The number of hydrogen-bond donors (Lipinski definition) is 0. The van der Waals surface area contributed by atoms with Crippen LogP contribution in [0.15, 0.2) is 71.9 Å². The van der Waals surface area contributed by atoms with E-state index in [0.717, 1.165) is 22.2 Å². The van der Waals surface area contributed by atoms with Crippen LogP contribution in [0.3, 0.4) is 0 Å². The van der Waals surface area contributed by atoms with Crippen molar-refractivity contribution in [2.24, 2.45) is 0 Å². The third-order valence-corrected chi connectivity index (χ3v) is 5.58. The summed E-state index contributed by atoms with van der Waals surface area (Å²) in [5, 5.41) is 10.8. The van der Waals surface area contributed by atoms with Gasteiger partial charge in [0.05, 0.1) is 36.7 Å². The third kappa shape index (κ3) is 3.63. The summed E-state index contributed by atoms with van der Waals surface area (Å²) in [5.74, 6) is 0. The molecule has 0 aliphatic heterocycles. The van der Waals surface area contributed by atoms with Crippen LogP contribution in [0, 0.1) is 0 Å². The molecular weight excluding hydrogens is 451 g/mol. The Labute approximate surface area is 192 Å². The lowest BCUT2D eigenvalue weighted by atomic mass is 10.2. The highest BCUT2D eigenvalue weighted by Gasteiger charge is 2.17. The summed E-state index contributed by atoms with van der Waals surface area (Å²) >= 11 is 12.3. The van der Waals surface area contributed by atoms with Crippen molar-refractivity contribution in [2.45, 2.75) is 6.54 Å². The minimum absolute atomic E-state index is 0.173. The Morgan fingerprint density at radius 2 is 1.91 bits per heavy atom. The number of benzene rings is 2. The summed E-state index contributed by atoms with van der Waals surface area (Å²) in [7, 11) is 1.47. The second kappa shape index (κ2) is 8.14. The van der Waals surface area contributed by atoms with Gasteiger partial charge in [-0.15, -0.1) is 5.10 Å². The zero-order chi connectivity index (χ0) is 22.2. The Hall–Kier alpha value is -3.62. The molecule has 2 aromatic carbocycles. The molecule has 0 unspecified atom stereocenters. The Morgan fingerprint density at radius 1 is 1.03 bits per heavy atom. The molecule has 0 fully saturated rings. The van der Waals surface area contributed by atoms with Crippen LogP contribution < -0.4 is 10.4 Å². The lowest BCUT2D eigenvalue weighted by Gasteiger charge is -2.06. The molecule has 0 aliphatic carbocycles. The van der Waals surface area contributed by atoms with Gasteiger partial charge < -0.3 is 4.74 Å². The first-order valence-corrected chi connectivity index (χ1v) is 10.4. The number of fused-ring (bicyclic) bond motifs is 1. The zero-order valence-corrected chi connectivity index (χ0v) is 18.3. The molecule has 3 aromatic heterocycles. The van der Waals surface area contributed by atoms with Gasteiger partial charge in [0.1, 0.15) is 0 Å². The molecule has 5 aromatic rings. The summed E-state index contributed by atoms with van der Waals surface area (Å²) in [6.07, 6.45) is 5.31. The fourth-order valence-electron chi connectivity index (χ4n) is 3.42. The van der Waals surface area contributed by atoms with E-state index in [0.29, 0.717) is 15.7 Å². The SMILES string of the molecule is COc1nn(-c2ccc3nn(-c4cccnc4)cc3c2)c(=O)n1Cc1ccc(Cl)cc1Cl. The number of rotatable bonds is 5. The highest BCUT2D eigenvalue weighted by atomic mass is 35.5. The van der Waals surface area contributed by atoms with Crippen molar-refractivity contribution in [1.82, 2.24) is 29.1 Å². The standard InChI is InChI=1S/C22H16Cl2N6O2/c1-32-21-27-30(22(31)28(21)12-14-4-5-16(23)10-19(14)24)17-6-7-20-15(9-17)13-29(26-20)18-3-2-8-25-11-18/h2-11,13H,12H2,1H3. The van der Waals surface area contributed by atoms with E-state index in [1.807, 2.05) is 30.5 Å². The highest BCUT2D eigenvalue weighted by molar-refractivity contribution is 6.35. The Kier molecular flexibility index (Phi) is 5.16. The van der Waals surface area contributed by atoms with Gasteiger partial charge in [-0.1, -0.05) is 29.3 Å². The number of nitrogens with zero attached hydrogens (tertiary/aromatic N) is 6. The van der Waals surface area contributed by atoms with Gasteiger partial charge in [0.25, 0.3) is 0 Å². The van der Waals surface area contributed by atoms with E-state index in [1.54, 1.807) is 41.3 Å². The second-order valence-corrected chi connectivity index (χ2v) is 7.87. The normalized spacial score (nSPS) is 11.2. The molecule has 5 rings (SSSR count). The van der Waals surface area contributed by atoms with Crippen LogP contribution in [-0.2, 0) is 6.54 Å². The van der Waals surface area contributed by atoms with E-state index < -0.39 is 0 Å². The number of methoxy groups -OCH3 is 1. The van der Waals surface area contributed by atoms with Crippen molar-refractivity contribution >= 4 is 34.1 Å². The average molecular weight is 467 g/mol. The first-order valence-electron chi connectivity index (χ1n) is 9.61. The van der Waals surface area contributed by atoms with Crippen LogP contribution >= 0.6 is 23.2 Å². The molecule has 0 aliphatic rings. The molecule has 0 saturated carbocycles. The number of hydrogen-bond acceptors (Lipinski definition) is 5. The maximum Gasteiger partial charge on any atom is 0.353 e. The number of pyridine rings is 1. The molecule has 3 heterocycles. The van der Waals surface area contributed by atoms with Gasteiger partial charge in [-0.3, -0.25) is 4.98 Å². The quantitative estimate of drug-likeness (QED) is 0.389. The van der Waals surface area contributed by atoms with Gasteiger partial charge in [0, 0.05) is 27.8 Å². The van der Waals surface area contributed by atoms with Crippen LogP contribution in [-0.4, -0.2) is 36.2 Å². The van der Waals surface area contributed by atoms with Crippen LogP contribution in [0.25, 0.3) is 22.3 Å². The van der Waals surface area contributed by atoms with Crippen molar-refractivity contribution in [2.75, 3.05) is 7.11 Å². The molecule has 32 heavy (non-hydrogen) atoms. The lowest BCUT2D eigenvalue weighted by Crippen LogP contribution is -2.24. The number of halogens is 2.